The zero-order valence-corrected chi connectivity index (χ0v) is 11.9. The molecule has 0 unspecified atom stereocenters. The Balaban J connectivity index is 1.70. The molecule has 1 N–H and O–H groups in total. The number of benzene rings is 1. The fourth-order valence-corrected chi connectivity index (χ4v) is 2.57. The van der Waals surface area contributed by atoms with Crippen molar-refractivity contribution >= 4 is 17.9 Å². The lowest BCUT2D eigenvalue weighted by Crippen LogP contribution is -2.53. The largest absolute Gasteiger partial charge is 0.447 e. The van der Waals surface area contributed by atoms with Gasteiger partial charge in [-0.1, -0.05) is 30.3 Å². The first-order chi connectivity index (χ1) is 10.6. The van der Waals surface area contributed by atoms with E-state index in [2.05, 4.69) is 5.32 Å². The second kappa shape index (κ2) is 6.15. The van der Waals surface area contributed by atoms with Gasteiger partial charge in [-0.05, 0) is 12.0 Å². The van der Waals surface area contributed by atoms with Crippen molar-refractivity contribution in [2.45, 2.75) is 18.6 Å². The summed E-state index contributed by atoms with van der Waals surface area (Å²) in [6.45, 7) is 0.0562. The summed E-state index contributed by atoms with van der Waals surface area (Å²) in [5.74, 6) is -0.739. The summed E-state index contributed by atoms with van der Waals surface area (Å²) in [6.07, 6.45) is -0.981. The van der Waals surface area contributed by atoms with E-state index in [4.69, 9.17) is 9.47 Å². The summed E-state index contributed by atoms with van der Waals surface area (Å²) in [6, 6.07) is 9.22. The molecule has 1 aromatic carbocycles. The van der Waals surface area contributed by atoms with E-state index >= 15 is 0 Å². The van der Waals surface area contributed by atoms with Crippen LogP contribution in [0.3, 0.4) is 0 Å². The summed E-state index contributed by atoms with van der Waals surface area (Å²) in [7, 11) is 0. The van der Waals surface area contributed by atoms with Gasteiger partial charge in [0.15, 0.2) is 6.10 Å². The van der Waals surface area contributed by atoms with Crippen LogP contribution in [0, 0.1) is 0 Å². The Kier molecular flexibility index (Phi) is 4.06. The highest BCUT2D eigenvalue weighted by Gasteiger charge is 2.42. The first-order valence-electron chi connectivity index (χ1n) is 7.07. The molecule has 22 heavy (non-hydrogen) atoms. The van der Waals surface area contributed by atoms with E-state index < -0.39 is 18.1 Å². The van der Waals surface area contributed by atoms with Crippen LogP contribution in [0.1, 0.15) is 5.56 Å². The summed E-state index contributed by atoms with van der Waals surface area (Å²) >= 11 is 0. The number of nitrogens with zero attached hydrogens (tertiary/aromatic N) is 1. The fraction of sp³-hybridized carbons (Fsp3) is 0.400. The Morgan fingerprint density at radius 2 is 2.05 bits per heavy atom. The third kappa shape index (κ3) is 2.94. The molecule has 0 aliphatic carbocycles. The first kappa shape index (κ1) is 14.5. The molecule has 2 saturated heterocycles. The molecule has 2 aliphatic heterocycles. The van der Waals surface area contributed by atoms with E-state index in [-0.39, 0.29) is 31.7 Å². The molecule has 2 atom stereocenters. The first-order valence-corrected chi connectivity index (χ1v) is 7.07. The minimum atomic E-state index is -0.846. The number of hydrogen-bond donors (Lipinski definition) is 1. The molecule has 0 bridgehead atoms. The number of hydrogen-bond acceptors (Lipinski definition) is 5. The molecular formula is C15H16N2O5. The maximum atomic E-state index is 12.5. The van der Waals surface area contributed by atoms with Crippen molar-refractivity contribution in [3.8, 4) is 0 Å². The third-order valence-corrected chi connectivity index (χ3v) is 3.69. The standard InChI is InChI=1S/C15H16N2O5/c18-13-9-21-12(7-16-13)14(19)17-11(8-22-15(17)20)6-10-4-2-1-3-5-10/h1-5,11-12H,6-9H2,(H,16,18)/t11-,12+/m1/s1. The molecule has 0 spiro atoms. The minimum Gasteiger partial charge on any atom is -0.447 e. The average molecular weight is 304 g/mol. The van der Waals surface area contributed by atoms with E-state index in [9.17, 15) is 14.4 Å². The van der Waals surface area contributed by atoms with Gasteiger partial charge in [-0.2, -0.15) is 0 Å². The van der Waals surface area contributed by atoms with Gasteiger partial charge in [0.2, 0.25) is 5.91 Å². The smallest absolute Gasteiger partial charge is 0.417 e. The van der Waals surface area contributed by atoms with Crippen LogP contribution in [0.4, 0.5) is 4.79 Å². The highest BCUT2D eigenvalue weighted by atomic mass is 16.6. The number of nitrogens with one attached hydrogen (secondary N) is 1. The Hall–Kier alpha value is -2.41. The van der Waals surface area contributed by atoms with Gasteiger partial charge in [-0.3, -0.25) is 9.59 Å². The number of ether oxygens (including phenoxy) is 2. The van der Waals surface area contributed by atoms with Gasteiger partial charge in [-0.25, -0.2) is 9.69 Å². The maximum absolute atomic E-state index is 12.5. The molecule has 0 saturated carbocycles. The Morgan fingerprint density at radius 1 is 1.27 bits per heavy atom. The monoisotopic (exact) mass is 304 g/mol. The van der Waals surface area contributed by atoms with Crippen molar-refractivity contribution in [3.05, 3.63) is 35.9 Å². The van der Waals surface area contributed by atoms with Crippen LogP contribution >= 0.6 is 0 Å². The Morgan fingerprint density at radius 3 is 2.73 bits per heavy atom. The van der Waals surface area contributed by atoms with Gasteiger partial charge < -0.3 is 14.8 Å². The molecule has 7 heteroatoms. The molecule has 2 heterocycles. The second-order valence-corrected chi connectivity index (χ2v) is 5.23. The van der Waals surface area contributed by atoms with Crippen molar-refractivity contribution in [2.75, 3.05) is 19.8 Å². The Labute approximate surface area is 127 Å². The highest BCUT2D eigenvalue weighted by Crippen LogP contribution is 2.19. The van der Waals surface area contributed by atoms with Crippen LogP contribution < -0.4 is 5.32 Å². The van der Waals surface area contributed by atoms with Crippen molar-refractivity contribution in [3.63, 3.8) is 0 Å². The molecule has 3 rings (SSSR count). The molecule has 1 aromatic rings. The summed E-state index contributed by atoms with van der Waals surface area (Å²) < 4.78 is 10.2. The quantitative estimate of drug-likeness (QED) is 0.855. The number of morpholine rings is 1. The zero-order valence-electron chi connectivity index (χ0n) is 11.9. The fourth-order valence-electron chi connectivity index (χ4n) is 2.57. The van der Waals surface area contributed by atoms with E-state index in [0.29, 0.717) is 6.42 Å². The van der Waals surface area contributed by atoms with Gasteiger partial charge >= 0.3 is 6.09 Å². The summed E-state index contributed by atoms with van der Waals surface area (Å²) in [4.78, 5) is 36.5. The number of carbonyl (C=O) groups excluding carboxylic acids is 3. The van der Waals surface area contributed by atoms with Gasteiger partial charge in [0.1, 0.15) is 13.2 Å². The van der Waals surface area contributed by atoms with Crippen molar-refractivity contribution in [2.24, 2.45) is 0 Å². The van der Waals surface area contributed by atoms with E-state index in [1.807, 2.05) is 30.3 Å². The van der Waals surface area contributed by atoms with Gasteiger partial charge in [0.05, 0.1) is 12.6 Å². The van der Waals surface area contributed by atoms with E-state index in [0.717, 1.165) is 10.5 Å². The Bertz CT molecular complexity index is 579. The third-order valence-electron chi connectivity index (χ3n) is 3.69. The molecule has 2 aliphatic rings. The van der Waals surface area contributed by atoms with Gasteiger partial charge in [-0.15, -0.1) is 0 Å². The lowest BCUT2D eigenvalue weighted by Gasteiger charge is -2.27. The van der Waals surface area contributed by atoms with E-state index in [1.54, 1.807) is 0 Å². The average Bonchev–Trinajstić information content (AvgIpc) is 2.89. The number of rotatable bonds is 3. The van der Waals surface area contributed by atoms with E-state index in [1.165, 1.54) is 0 Å². The normalized spacial score (nSPS) is 24.8. The van der Waals surface area contributed by atoms with Crippen molar-refractivity contribution in [1.82, 2.24) is 10.2 Å². The molecule has 0 aromatic heterocycles. The van der Waals surface area contributed by atoms with Crippen LogP contribution in [-0.2, 0) is 25.5 Å². The highest BCUT2D eigenvalue weighted by molar-refractivity contribution is 5.97. The van der Waals surface area contributed by atoms with Gasteiger partial charge in [0.25, 0.3) is 5.91 Å². The lowest BCUT2D eigenvalue weighted by atomic mass is 10.1. The number of carbonyl (C=O) groups is 3. The molecular weight excluding hydrogens is 288 g/mol. The topological polar surface area (TPSA) is 84.9 Å². The lowest BCUT2D eigenvalue weighted by molar-refractivity contribution is -0.149. The SMILES string of the molecule is O=C1CO[C@H](C(=O)N2C(=O)OC[C@H]2Cc2ccccc2)CN1. The minimum absolute atomic E-state index is 0.0690. The van der Waals surface area contributed by atoms with Crippen LogP contribution in [0.15, 0.2) is 30.3 Å². The number of amides is 3. The maximum Gasteiger partial charge on any atom is 0.417 e. The number of imide groups is 1. The van der Waals surface area contributed by atoms with Crippen LogP contribution in [0.25, 0.3) is 0 Å². The summed E-state index contributed by atoms with van der Waals surface area (Å²) in [5, 5.41) is 2.55. The number of cyclic esters (lactones) is 1. The van der Waals surface area contributed by atoms with Crippen LogP contribution in [-0.4, -0.2) is 54.7 Å². The van der Waals surface area contributed by atoms with Gasteiger partial charge in [0, 0.05) is 0 Å². The van der Waals surface area contributed by atoms with Crippen molar-refractivity contribution in [1.29, 1.82) is 0 Å². The molecule has 0 radical (unpaired) electrons. The molecule has 116 valence electrons. The summed E-state index contributed by atoms with van der Waals surface area (Å²) in [5.41, 5.74) is 1.02. The molecule has 2 fully saturated rings. The predicted molar refractivity (Wildman–Crippen MR) is 74.9 cm³/mol. The van der Waals surface area contributed by atoms with Crippen molar-refractivity contribution < 1.29 is 23.9 Å². The molecule has 7 nitrogen and oxygen atoms in total. The molecule has 3 amide bonds. The predicted octanol–water partition coefficient (Wildman–Crippen LogP) is 0.0915. The van der Waals surface area contributed by atoms with Crippen LogP contribution in [0.2, 0.25) is 0 Å². The zero-order chi connectivity index (χ0) is 15.5. The second-order valence-electron chi connectivity index (χ2n) is 5.23. The van der Waals surface area contributed by atoms with Crippen LogP contribution in [0.5, 0.6) is 0 Å².